The molecule has 0 aromatic carbocycles. The van der Waals surface area contributed by atoms with Crippen LogP contribution in [0.4, 0.5) is 0 Å². The van der Waals surface area contributed by atoms with Crippen molar-refractivity contribution in [3.05, 3.63) is 35.0 Å². The van der Waals surface area contributed by atoms with E-state index in [1.54, 1.807) is 6.20 Å². The Kier molecular flexibility index (Phi) is 5.55. The van der Waals surface area contributed by atoms with E-state index in [0.717, 1.165) is 49.2 Å². The number of pyridine rings is 1. The molecule has 0 bridgehead atoms. The van der Waals surface area contributed by atoms with Gasteiger partial charge in [0.1, 0.15) is 9.88 Å². The summed E-state index contributed by atoms with van der Waals surface area (Å²) in [6, 6.07) is 5.77. The van der Waals surface area contributed by atoms with Gasteiger partial charge in [-0.2, -0.15) is 0 Å². The molecule has 1 aliphatic rings. The van der Waals surface area contributed by atoms with Crippen molar-refractivity contribution in [1.29, 1.82) is 0 Å². The molecule has 7 heteroatoms. The van der Waals surface area contributed by atoms with E-state index >= 15 is 0 Å². The van der Waals surface area contributed by atoms with Gasteiger partial charge in [0.05, 0.1) is 24.6 Å². The van der Waals surface area contributed by atoms with Gasteiger partial charge in [-0.1, -0.05) is 6.07 Å². The van der Waals surface area contributed by atoms with Crippen molar-refractivity contribution in [1.82, 2.24) is 20.2 Å². The number of ether oxygens (including phenoxy) is 1. The van der Waals surface area contributed by atoms with Crippen molar-refractivity contribution in [2.24, 2.45) is 0 Å². The standard InChI is InChI=1S/C17H22N4O2S/c1-12(11-21-7-9-23-10-8-21)19-16(22)15-13(2)20-17(24-15)14-5-3-4-6-18-14/h3-6,12H,7-11H2,1-2H3,(H,19,22)/t12-/m0/s1. The Morgan fingerprint density at radius 1 is 1.42 bits per heavy atom. The van der Waals surface area contributed by atoms with E-state index in [-0.39, 0.29) is 11.9 Å². The van der Waals surface area contributed by atoms with Gasteiger partial charge < -0.3 is 10.1 Å². The zero-order valence-electron chi connectivity index (χ0n) is 14.0. The summed E-state index contributed by atoms with van der Waals surface area (Å²) >= 11 is 1.39. The fraction of sp³-hybridized carbons (Fsp3) is 0.471. The molecule has 0 aliphatic carbocycles. The summed E-state index contributed by atoms with van der Waals surface area (Å²) in [5.41, 5.74) is 1.54. The van der Waals surface area contributed by atoms with E-state index in [1.807, 2.05) is 32.0 Å². The fourth-order valence-corrected chi connectivity index (χ4v) is 3.66. The van der Waals surface area contributed by atoms with Crippen molar-refractivity contribution in [3.63, 3.8) is 0 Å². The summed E-state index contributed by atoms with van der Waals surface area (Å²) in [4.78, 5) is 24.3. The van der Waals surface area contributed by atoms with Crippen molar-refractivity contribution < 1.29 is 9.53 Å². The first-order valence-electron chi connectivity index (χ1n) is 8.13. The number of hydrogen-bond acceptors (Lipinski definition) is 6. The van der Waals surface area contributed by atoms with Crippen LogP contribution in [-0.2, 0) is 4.74 Å². The molecular weight excluding hydrogens is 324 g/mol. The van der Waals surface area contributed by atoms with Gasteiger partial charge in [0.25, 0.3) is 5.91 Å². The van der Waals surface area contributed by atoms with Crippen LogP contribution in [0.25, 0.3) is 10.7 Å². The van der Waals surface area contributed by atoms with E-state index in [2.05, 4.69) is 20.2 Å². The Morgan fingerprint density at radius 3 is 2.92 bits per heavy atom. The van der Waals surface area contributed by atoms with E-state index in [9.17, 15) is 4.79 Å². The number of carbonyl (C=O) groups excluding carboxylic acids is 1. The van der Waals surface area contributed by atoms with Crippen LogP contribution in [0.15, 0.2) is 24.4 Å². The minimum Gasteiger partial charge on any atom is -0.379 e. The van der Waals surface area contributed by atoms with Gasteiger partial charge in [0, 0.05) is 31.9 Å². The minimum absolute atomic E-state index is 0.0621. The van der Waals surface area contributed by atoms with E-state index in [1.165, 1.54) is 11.3 Å². The van der Waals surface area contributed by atoms with Crippen LogP contribution in [0.1, 0.15) is 22.3 Å². The van der Waals surface area contributed by atoms with Crippen LogP contribution in [0.2, 0.25) is 0 Å². The number of amides is 1. The van der Waals surface area contributed by atoms with Crippen molar-refractivity contribution in [2.45, 2.75) is 19.9 Å². The maximum atomic E-state index is 12.6. The first-order chi connectivity index (χ1) is 11.6. The second kappa shape index (κ2) is 7.83. The topological polar surface area (TPSA) is 67.4 Å². The molecule has 3 rings (SSSR count). The van der Waals surface area contributed by atoms with Gasteiger partial charge in [-0.05, 0) is 26.0 Å². The van der Waals surface area contributed by atoms with Gasteiger partial charge in [-0.15, -0.1) is 11.3 Å². The average Bonchev–Trinajstić information content (AvgIpc) is 2.98. The molecule has 0 spiro atoms. The SMILES string of the molecule is Cc1nc(-c2ccccn2)sc1C(=O)N[C@@H](C)CN1CCOCC1. The predicted molar refractivity (Wildman–Crippen MR) is 94.3 cm³/mol. The molecular formula is C17H22N4O2S. The monoisotopic (exact) mass is 346 g/mol. The number of nitrogens with one attached hydrogen (secondary N) is 1. The Labute approximate surface area is 145 Å². The molecule has 2 aromatic rings. The Hall–Kier alpha value is -1.83. The normalized spacial score (nSPS) is 16.8. The summed E-state index contributed by atoms with van der Waals surface area (Å²) in [6.07, 6.45) is 1.73. The lowest BCUT2D eigenvalue weighted by atomic mass is 10.2. The smallest absolute Gasteiger partial charge is 0.263 e. The maximum absolute atomic E-state index is 12.6. The first-order valence-corrected chi connectivity index (χ1v) is 8.95. The molecule has 0 radical (unpaired) electrons. The molecule has 2 aromatic heterocycles. The third kappa shape index (κ3) is 4.17. The van der Waals surface area contributed by atoms with Crippen LogP contribution in [-0.4, -0.2) is 59.7 Å². The highest BCUT2D eigenvalue weighted by Crippen LogP contribution is 2.26. The second-order valence-corrected chi connectivity index (χ2v) is 6.94. The highest BCUT2D eigenvalue weighted by molar-refractivity contribution is 7.17. The van der Waals surface area contributed by atoms with Crippen LogP contribution in [0, 0.1) is 6.92 Å². The second-order valence-electron chi connectivity index (χ2n) is 5.94. The van der Waals surface area contributed by atoms with E-state index in [4.69, 9.17) is 4.74 Å². The highest BCUT2D eigenvalue weighted by atomic mass is 32.1. The first kappa shape index (κ1) is 17.0. The van der Waals surface area contributed by atoms with Crippen LogP contribution < -0.4 is 5.32 Å². The third-order valence-corrected chi connectivity index (χ3v) is 5.08. The van der Waals surface area contributed by atoms with Gasteiger partial charge in [-0.3, -0.25) is 14.7 Å². The van der Waals surface area contributed by atoms with Crippen LogP contribution in [0.3, 0.4) is 0 Å². The number of thiazole rings is 1. The lowest BCUT2D eigenvalue weighted by Gasteiger charge is -2.29. The van der Waals surface area contributed by atoms with Gasteiger partial charge in [0.2, 0.25) is 0 Å². The molecule has 3 heterocycles. The van der Waals surface area contributed by atoms with Crippen LogP contribution in [0.5, 0.6) is 0 Å². The number of morpholine rings is 1. The van der Waals surface area contributed by atoms with Crippen molar-refractivity contribution >= 4 is 17.2 Å². The minimum atomic E-state index is -0.0621. The predicted octanol–water partition coefficient (Wildman–Crippen LogP) is 1.96. The van der Waals surface area contributed by atoms with E-state index in [0.29, 0.717) is 4.88 Å². The van der Waals surface area contributed by atoms with Gasteiger partial charge in [0.15, 0.2) is 0 Å². The molecule has 1 N–H and O–H groups in total. The number of aromatic nitrogens is 2. The van der Waals surface area contributed by atoms with Crippen molar-refractivity contribution in [2.75, 3.05) is 32.8 Å². The number of nitrogens with zero attached hydrogens (tertiary/aromatic N) is 3. The molecule has 1 fully saturated rings. The average molecular weight is 346 g/mol. The molecule has 24 heavy (non-hydrogen) atoms. The number of rotatable bonds is 5. The number of aryl methyl sites for hydroxylation is 1. The Balaban J connectivity index is 1.63. The zero-order chi connectivity index (χ0) is 16.9. The largest absolute Gasteiger partial charge is 0.379 e. The zero-order valence-corrected chi connectivity index (χ0v) is 14.8. The number of carbonyl (C=O) groups is 1. The molecule has 0 unspecified atom stereocenters. The molecule has 1 atom stereocenters. The van der Waals surface area contributed by atoms with Crippen molar-refractivity contribution in [3.8, 4) is 10.7 Å². The molecule has 1 amide bonds. The molecule has 1 saturated heterocycles. The number of hydrogen-bond donors (Lipinski definition) is 1. The quantitative estimate of drug-likeness (QED) is 0.896. The molecule has 1 aliphatic heterocycles. The molecule has 128 valence electrons. The Bertz CT molecular complexity index is 683. The summed E-state index contributed by atoms with van der Waals surface area (Å²) < 4.78 is 5.35. The summed E-state index contributed by atoms with van der Waals surface area (Å²) in [5, 5.41) is 3.85. The molecule has 0 saturated carbocycles. The van der Waals surface area contributed by atoms with Gasteiger partial charge in [-0.25, -0.2) is 4.98 Å². The summed E-state index contributed by atoms with van der Waals surface area (Å²) in [6.45, 7) is 8.10. The lowest BCUT2D eigenvalue weighted by Crippen LogP contribution is -2.46. The van der Waals surface area contributed by atoms with Crippen LogP contribution >= 0.6 is 11.3 Å². The fourth-order valence-electron chi connectivity index (χ4n) is 2.71. The maximum Gasteiger partial charge on any atom is 0.263 e. The summed E-state index contributed by atoms with van der Waals surface area (Å²) in [7, 11) is 0. The van der Waals surface area contributed by atoms with E-state index < -0.39 is 0 Å². The highest BCUT2D eigenvalue weighted by Gasteiger charge is 2.20. The van der Waals surface area contributed by atoms with Gasteiger partial charge >= 0.3 is 0 Å². The third-order valence-electron chi connectivity index (χ3n) is 3.90. The summed E-state index contributed by atoms with van der Waals surface area (Å²) in [5.74, 6) is -0.0621. The molecule has 6 nitrogen and oxygen atoms in total. The lowest BCUT2D eigenvalue weighted by molar-refractivity contribution is 0.0342. The Morgan fingerprint density at radius 2 is 2.21 bits per heavy atom.